The van der Waals surface area contributed by atoms with Crippen molar-refractivity contribution in [3.05, 3.63) is 65.0 Å². The Labute approximate surface area is 154 Å². The van der Waals surface area contributed by atoms with Crippen molar-refractivity contribution in [2.75, 3.05) is 12.3 Å². The van der Waals surface area contributed by atoms with E-state index >= 15 is 0 Å². The number of benzene rings is 1. The van der Waals surface area contributed by atoms with Crippen molar-refractivity contribution in [1.29, 1.82) is 0 Å². The fraction of sp³-hybridized carbons (Fsp3) is 0.158. The van der Waals surface area contributed by atoms with Crippen LogP contribution in [0.3, 0.4) is 0 Å². The first-order chi connectivity index (χ1) is 13.2. The lowest BCUT2D eigenvalue weighted by Crippen LogP contribution is -2.09. The van der Waals surface area contributed by atoms with Gasteiger partial charge in [0.15, 0.2) is 11.6 Å². The Balaban J connectivity index is 1.74. The molecule has 0 saturated heterocycles. The van der Waals surface area contributed by atoms with Crippen LogP contribution in [0.25, 0.3) is 27.8 Å². The highest BCUT2D eigenvalue weighted by atomic mass is 16.2. The van der Waals surface area contributed by atoms with Gasteiger partial charge < -0.3 is 15.8 Å². The van der Waals surface area contributed by atoms with Crippen LogP contribution in [-0.4, -0.2) is 36.4 Å². The number of hydrogen-bond donors (Lipinski definition) is 3. The minimum absolute atomic E-state index is 0.177. The SMILES string of the molecule is Nc1nn(-c2nccc3c(=O)[nH]cnc23)cc1-c1ccc(CCCO)cc1. The van der Waals surface area contributed by atoms with Crippen LogP contribution < -0.4 is 11.3 Å². The van der Waals surface area contributed by atoms with Crippen LogP contribution in [0.15, 0.2) is 53.8 Å². The molecular formula is C19H18N6O2. The number of pyridine rings is 1. The highest BCUT2D eigenvalue weighted by Crippen LogP contribution is 2.27. The molecule has 3 heterocycles. The summed E-state index contributed by atoms with van der Waals surface area (Å²) in [5.74, 6) is 0.804. The van der Waals surface area contributed by atoms with E-state index in [0.29, 0.717) is 22.5 Å². The van der Waals surface area contributed by atoms with Gasteiger partial charge in [-0.05, 0) is 30.0 Å². The van der Waals surface area contributed by atoms with Crippen molar-refractivity contribution >= 4 is 16.7 Å². The van der Waals surface area contributed by atoms with Crippen LogP contribution in [0.5, 0.6) is 0 Å². The lowest BCUT2D eigenvalue weighted by molar-refractivity contribution is 0.288. The van der Waals surface area contributed by atoms with Crippen molar-refractivity contribution in [3.63, 3.8) is 0 Å². The zero-order valence-electron chi connectivity index (χ0n) is 14.5. The van der Waals surface area contributed by atoms with Crippen LogP contribution >= 0.6 is 0 Å². The number of nitrogens with zero attached hydrogens (tertiary/aromatic N) is 4. The van der Waals surface area contributed by atoms with Gasteiger partial charge in [-0.3, -0.25) is 4.79 Å². The molecule has 8 heteroatoms. The average molecular weight is 362 g/mol. The zero-order chi connectivity index (χ0) is 18.8. The third-order valence-corrected chi connectivity index (χ3v) is 4.39. The standard InChI is InChI=1S/C19H18N6O2/c20-17-15(13-5-3-12(4-6-13)2-1-9-26)10-25(24-17)18-16-14(7-8-21-18)19(27)23-11-22-16/h3-8,10-11,26H,1-2,9H2,(H2,20,24)(H,22,23,27). The van der Waals surface area contributed by atoms with Gasteiger partial charge in [-0.15, -0.1) is 5.10 Å². The minimum Gasteiger partial charge on any atom is -0.396 e. The summed E-state index contributed by atoms with van der Waals surface area (Å²) in [5.41, 5.74) is 9.19. The molecule has 0 unspecified atom stereocenters. The summed E-state index contributed by atoms with van der Waals surface area (Å²) in [4.78, 5) is 23.1. The van der Waals surface area contributed by atoms with Crippen LogP contribution in [0.4, 0.5) is 5.82 Å². The summed E-state index contributed by atoms with van der Waals surface area (Å²) in [5, 5.41) is 13.7. The quantitative estimate of drug-likeness (QED) is 0.496. The first-order valence-electron chi connectivity index (χ1n) is 8.55. The Bertz CT molecular complexity index is 1150. The Kier molecular flexibility index (Phi) is 4.39. The Morgan fingerprint density at radius 3 is 2.74 bits per heavy atom. The second-order valence-electron chi connectivity index (χ2n) is 6.16. The van der Waals surface area contributed by atoms with Gasteiger partial charge in [0, 0.05) is 24.6 Å². The molecule has 0 aliphatic heterocycles. The maximum Gasteiger partial charge on any atom is 0.258 e. The van der Waals surface area contributed by atoms with Gasteiger partial charge in [-0.25, -0.2) is 14.6 Å². The van der Waals surface area contributed by atoms with Crippen molar-refractivity contribution in [2.45, 2.75) is 12.8 Å². The summed E-state index contributed by atoms with van der Waals surface area (Å²) < 4.78 is 1.54. The maximum atomic E-state index is 12.0. The van der Waals surface area contributed by atoms with E-state index in [-0.39, 0.29) is 12.2 Å². The molecule has 4 aromatic rings. The number of aryl methyl sites for hydroxylation is 1. The molecule has 4 N–H and O–H groups in total. The molecule has 27 heavy (non-hydrogen) atoms. The van der Waals surface area contributed by atoms with E-state index in [0.717, 1.165) is 29.5 Å². The monoisotopic (exact) mass is 362 g/mol. The van der Waals surface area contributed by atoms with Gasteiger partial charge in [-0.1, -0.05) is 24.3 Å². The summed E-state index contributed by atoms with van der Waals surface area (Å²) in [6, 6.07) is 9.59. The van der Waals surface area contributed by atoms with E-state index in [1.54, 1.807) is 23.1 Å². The highest BCUT2D eigenvalue weighted by Gasteiger charge is 2.14. The Hall–Kier alpha value is -3.52. The second-order valence-corrected chi connectivity index (χ2v) is 6.16. The summed E-state index contributed by atoms with van der Waals surface area (Å²) in [6.45, 7) is 0.177. The molecule has 0 bridgehead atoms. The predicted molar refractivity (Wildman–Crippen MR) is 103 cm³/mol. The molecular weight excluding hydrogens is 344 g/mol. The number of anilines is 1. The number of aromatic nitrogens is 5. The summed E-state index contributed by atoms with van der Waals surface area (Å²) in [6.07, 6.45) is 6.23. The molecule has 0 spiro atoms. The number of nitrogen functional groups attached to an aromatic ring is 1. The number of H-pyrrole nitrogens is 1. The first-order valence-corrected chi connectivity index (χ1v) is 8.55. The molecule has 0 fully saturated rings. The molecule has 3 aromatic heterocycles. The summed E-state index contributed by atoms with van der Waals surface area (Å²) in [7, 11) is 0. The second kappa shape index (κ2) is 7.00. The average Bonchev–Trinajstić information content (AvgIpc) is 3.08. The molecule has 0 radical (unpaired) electrons. The molecule has 0 atom stereocenters. The molecule has 136 valence electrons. The number of aliphatic hydroxyl groups excluding tert-OH is 1. The van der Waals surface area contributed by atoms with Gasteiger partial charge in [-0.2, -0.15) is 0 Å². The fourth-order valence-electron chi connectivity index (χ4n) is 3.01. The van der Waals surface area contributed by atoms with Gasteiger partial charge in [0.1, 0.15) is 5.52 Å². The van der Waals surface area contributed by atoms with E-state index in [2.05, 4.69) is 20.1 Å². The first kappa shape index (κ1) is 16.9. The Morgan fingerprint density at radius 2 is 1.96 bits per heavy atom. The van der Waals surface area contributed by atoms with Gasteiger partial charge >= 0.3 is 0 Å². The highest BCUT2D eigenvalue weighted by molar-refractivity contribution is 5.84. The number of nitrogens with two attached hydrogens (primary N) is 1. The number of aromatic amines is 1. The third-order valence-electron chi connectivity index (χ3n) is 4.39. The fourth-order valence-corrected chi connectivity index (χ4v) is 3.01. The lowest BCUT2D eigenvalue weighted by Gasteiger charge is -2.03. The van der Waals surface area contributed by atoms with E-state index in [1.807, 2.05) is 24.3 Å². The Morgan fingerprint density at radius 1 is 1.15 bits per heavy atom. The van der Waals surface area contributed by atoms with E-state index < -0.39 is 0 Å². The normalized spacial score (nSPS) is 11.1. The lowest BCUT2D eigenvalue weighted by atomic mass is 10.0. The van der Waals surface area contributed by atoms with Crippen LogP contribution in [0.2, 0.25) is 0 Å². The van der Waals surface area contributed by atoms with E-state index in [1.165, 1.54) is 6.33 Å². The van der Waals surface area contributed by atoms with Crippen LogP contribution in [0, 0.1) is 0 Å². The molecule has 8 nitrogen and oxygen atoms in total. The molecule has 0 aliphatic rings. The number of hydrogen-bond acceptors (Lipinski definition) is 6. The largest absolute Gasteiger partial charge is 0.396 e. The molecule has 0 amide bonds. The predicted octanol–water partition coefficient (Wildman–Crippen LogP) is 1.68. The van der Waals surface area contributed by atoms with Crippen LogP contribution in [-0.2, 0) is 6.42 Å². The van der Waals surface area contributed by atoms with Crippen molar-refractivity contribution in [3.8, 4) is 16.9 Å². The summed E-state index contributed by atoms with van der Waals surface area (Å²) >= 11 is 0. The van der Waals surface area contributed by atoms with E-state index in [4.69, 9.17) is 10.8 Å². The minimum atomic E-state index is -0.234. The van der Waals surface area contributed by atoms with Gasteiger partial charge in [0.05, 0.1) is 11.7 Å². The van der Waals surface area contributed by atoms with Gasteiger partial charge in [0.25, 0.3) is 5.56 Å². The topological polar surface area (TPSA) is 123 Å². The third kappa shape index (κ3) is 3.18. The van der Waals surface area contributed by atoms with E-state index in [9.17, 15) is 4.79 Å². The zero-order valence-corrected chi connectivity index (χ0v) is 14.5. The van der Waals surface area contributed by atoms with Crippen LogP contribution in [0.1, 0.15) is 12.0 Å². The van der Waals surface area contributed by atoms with Gasteiger partial charge in [0.2, 0.25) is 0 Å². The molecule has 0 saturated carbocycles. The maximum absolute atomic E-state index is 12.0. The number of fused-ring (bicyclic) bond motifs is 1. The number of nitrogens with one attached hydrogen (secondary N) is 1. The molecule has 0 aliphatic carbocycles. The smallest absolute Gasteiger partial charge is 0.258 e. The molecule has 4 rings (SSSR count). The molecule has 1 aromatic carbocycles. The van der Waals surface area contributed by atoms with Crippen molar-refractivity contribution in [1.82, 2.24) is 24.7 Å². The van der Waals surface area contributed by atoms with Crippen molar-refractivity contribution in [2.24, 2.45) is 0 Å². The number of aliphatic hydroxyl groups is 1. The number of rotatable bonds is 5. The van der Waals surface area contributed by atoms with Crippen molar-refractivity contribution < 1.29 is 5.11 Å².